The zero-order valence-electron chi connectivity index (χ0n) is 14.2. The lowest BCUT2D eigenvalue weighted by atomic mass is 10.2. The Morgan fingerprint density at radius 2 is 1.75 bits per heavy atom. The topological polar surface area (TPSA) is 66.5 Å². The van der Waals surface area contributed by atoms with Crippen LogP contribution in [0.25, 0.3) is 6.08 Å². The molecule has 1 aliphatic rings. The maximum absolute atomic E-state index is 13.0. The number of carbonyl (C=O) groups is 3. The monoisotopic (exact) mass is 438 g/mol. The highest BCUT2D eigenvalue weighted by atomic mass is 35.5. The molecule has 0 atom stereocenters. The Morgan fingerprint density at radius 1 is 1.11 bits per heavy atom. The normalized spacial score (nSPS) is 15.4. The second-order valence-electron chi connectivity index (χ2n) is 5.80. The van der Waals surface area contributed by atoms with Gasteiger partial charge in [0.15, 0.2) is 0 Å². The van der Waals surface area contributed by atoms with E-state index in [4.69, 9.17) is 23.2 Å². The van der Waals surface area contributed by atoms with Gasteiger partial charge in [-0.3, -0.25) is 19.3 Å². The van der Waals surface area contributed by atoms with Crippen LogP contribution in [0, 0.1) is 5.82 Å². The van der Waals surface area contributed by atoms with Crippen LogP contribution in [0.2, 0.25) is 10.0 Å². The van der Waals surface area contributed by atoms with Crippen molar-refractivity contribution in [2.75, 3.05) is 13.1 Å². The third-order valence-electron chi connectivity index (χ3n) is 3.79. The molecular weight excluding hydrogens is 426 g/mol. The molecule has 2 aromatic carbocycles. The molecule has 144 valence electrons. The first-order chi connectivity index (χ1) is 13.3. The maximum atomic E-state index is 13.0. The van der Waals surface area contributed by atoms with Crippen LogP contribution in [0.5, 0.6) is 0 Å². The van der Waals surface area contributed by atoms with Gasteiger partial charge < -0.3 is 5.32 Å². The maximum Gasteiger partial charge on any atom is 0.293 e. The third kappa shape index (κ3) is 4.92. The van der Waals surface area contributed by atoms with Gasteiger partial charge in [0.05, 0.1) is 4.91 Å². The lowest BCUT2D eigenvalue weighted by Gasteiger charge is -2.13. The molecular formula is C19H13Cl2FN2O3S. The summed E-state index contributed by atoms with van der Waals surface area (Å²) in [6.07, 6.45) is 1.52. The summed E-state index contributed by atoms with van der Waals surface area (Å²) in [6.45, 7) is 0.0935. The molecule has 1 fully saturated rings. The molecule has 0 spiro atoms. The minimum Gasteiger partial charge on any atom is -0.350 e. The Bertz CT molecular complexity index is 959. The average molecular weight is 439 g/mol. The minimum atomic E-state index is -0.459. The van der Waals surface area contributed by atoms with Gasteiger partial charge in [0.25, 0.3) is 17.1 Å². The summed E-state index contributed by atoms with van der Waals surface area (Å²) in [4.78, 5) is 38.0. The van der Waals surface area contributed by atoms with E-state index in [1.807, 2.05) is 0 Å². The molecule has 1 aliphatic heterocycles. The Balaban J connectivity index is 1.60. The van der Waals surface area contributed by atoms with E-state index in [-0.39, 0.29) is 29.4 Å². The first-order valence-electron chi connectivity index (χ1n) is 8.09. The lowest BCUT2D eigenvalue weighted by Crippen LogP contribution is -2.37. The van der Waals surface area contributed by atoms with Gasteiger partial charge in [0.1, 0.15) is 5.82 Å². The van der Waals surface area contributed by atoms with Crippen molar-refractivity contribution in [3.8, 4) is 0 Å². The van der Waals surface area contributed by atoms with Crippen molar-refractivity contribution in [3.05, 3.63) is 74.4 Å². The summed E-state index contributed by atoms with van der Waals surface area (Å²) in [5.74, 6) is -1.26. The van der Waals surface area contributed by atoms with Crippen LogP contribution >= 0.6 is 35.0 Å². The summed E-state index contributed by atoms with van der Waals surface area (Å²) >= 11 is 12.5. The van der Waals surface area contributed by atoms with Gasteiger partial charge in [-0.2, -0.15) is 0 Å². The average Bonchev–Trinajstić information content (AvgIpc) is 2.90. The highest BCUT2D eigenvalue weighted by Gasteiger charge is 2.34. The molecule has 0 bridgehead atoms. The van der Waals surface area contributed by atoms with Crippen molar-refractivity contribution in [1.29, 1.82) is 0 Å². The van der Waals surface area contributed by atoms with Crippen LogP contribution in [-0.4, -0.2) is 35.0 Å². The molecule has 0 aliphatic carbocycles. The smallest absolute Gasteiger partial charge is 0.293 e. The number of nitrogens with zero attached hydrogens (tertiary/aromatic N) is 1. The van der Waals surface area contributed by atoms with E-state index in [0.717, 1.165) is 16.7 Å². The number of hydrogen-bond acceptors (Lipinski definition) is 4. The van der Waals surface area contributed by atoms with E-state index in [2.05, 4.69) is 5.32 Å². The number of carbonyl (C=O) groups excluding carboxylic acids is 3. The van der Waals surface area contributed by atoms with Gasteiger partial charge in [-0.25, -0.2) is 4.39 Å². The Hall–Kier alpha value is -2.35. The van der Waals surface area contributed by atoms with Crippen LogP contribution < -0.4 is 5.32 Å². The van der Waals surface area contributed by atoms with E-state index in [9.17, 15) is 18.8 Å². The molecule has 1 heterocycles. The van der Waals surface area contributed by atoms with Gasteiger partial charge in [-0.15, -0.1) is 0 Å². The number of benzene rings is 2. The first kappa shape index (κ1) is 20.4. The van der Waals surface area contributed by atoms with Crippen LogP contribution in [-0.2, 0) is 4.79 Å². The zero-order chi connectivity index (χ0) is 20.3. The number of thioether (sulfide) groups is 1. The fourth-order valence-electron chi connectivity index (χ4n) is 2.47. The molecule has 9 heteroatoms. The summed E-state index contributed by atoms with van der Waals surface area (Å²) in [5, 5.41) is 2.84. The number of imide groups is 1. The molecule has 2 aromatic rings. The third-order valence-corrected chi connectivity index (χ3v) is 5.13. The number of halogens is 3. The largest absolute Gasteiger partial charge is 0.350 e. The quantitative estimate of drug-likeness (QED) is 0.692. The number of rotatable bonds is 5. The minimum absolute atomic E-state index is 0.0193. The molecule has 0 unspecified atom stereocenters. The molecule has 0 saturated carbocycles. The molecule has 0 radical (unpaired) electrons. The molecule has 1 saturated heterocycles. The van der Waals surface area contributed by atoms with Gasteiger partial charge >= 0.3 is 0 Å². The molecule has 28 heavy (non-hydrogen) atoms. The van der Waals surface area contributed by atoms with Gasteiger partial charge in [-0.1, -0.05) is 35.3 Å². The van der Waals surface area contributed by atoms with Crippen molar-refractivity contribution in [3.63, 3.8) is 0 Å². The van der Waals surface area contributed by atoms with Crippen LogP contribution in [0.3, 0.4) is 0 Å². The highest BCUT2D eigenvalue weighted by molar-refractivity contribution is 8.18. The molecule has 5 nitrogen and oxygen atoms in total. The predicted octanol–water partition coefficient (Wildman–Crippen LogP) is 4.60. The van der Waals surface area contributed by atoms with Crippen molar-refractivity contribution in [1.82, 2.24) is 10.2 Å². The van der Waals surface area contributed by atoms with Crippen LogP contribution in [0.15, 0.2) is 47.4 Å². The SMILES string of the molecule is O=C(NCCN1C(=O)S/C(=C\c2ccc(F)cc2)C1=O)c1cc(Cl)cc(Cl)c1. The molecule has 3 rings (SSSR count). The van der Waals surface area contributed by atoms with Crippen LogP contribution in [0.4, 0.5) is 9.18 Å². The fraction of sp³-hybridized carbons (Fsp3) is 0.105. The second kappa shape index (κ2) is 8.77. The van der Waals surface area contributed by atoms with Gasteiger partial charge in [0.2, 0.25) is 0 Å². The Labute approximate surface area is 174 Å². The van der Waals surface area contributed by atoms with Crippen LogP contribution in [0.1, 0.15) is 15.9 Å². The summed E-state index contributed by atoms with van der Waals surface area (Å²) in [5.41, 5.74) is 0.890. The number of hydrogen-bond donors (Lipinski definition) is 1. The lowest BCUT2D eigenvalue weighted by molar-refractivity contribution is -0.122. The number of nitrogens with one attached hydrogen (secondary N) is 1. The summed E-state index contributed by atoms with van der Waals surface area (Å²) < 4.78 is 13.0. The Kier molecular flexibility index (Phi) is 6.39. The predicted molar refractivity (Wildman–Crippen MR) is 108 cm³/mol. The van der Waals surface area contributed by atoms with Gasteiger partial charge in [0, 0.05) is 28.7 Å². The number of amides is 3. The van der Waals surface area contributed by atoms with E-state index in [0.29, 0.717) is 15.6 Å². The van der Waals surface area contributed by atoms with Crippen molar-refractivity contribution in [2.45, 2.75) is 0 Å². The molecule has 3 amide bonds. The van der Waals surface area contributed by atoms with E-state index < -0.39 is 17.1 Å². The Morgan fingerprint density at radius 3 is 2.39 bits per heavy atom. The summed E-state index contributed by atoms with van der Waals surface area (Å²) in [6, 6.07) is 10.0. The molecule has 1 N–H and O–H groups in total. The van der Waals surface area contributed by atoms with E-state index in [1.165, 1.54) is 48.5 Å². The van der Waals surface area contributed by atoms with Crippen molar-refractivity contribution >= 4 is 58.1 Å². The van der Waals surface area contributed by atoms with Crippen molar-refractivity contribution < 1.29 is 18.8 Å². The van der Waals surface area contributed by atoms with E-state index in [1.54, 1.807) is 0 Å². The zero-order valence-corrected chi connectivity index (χ0v) is 16.6. The fourth-order valence-corrected chi connectivity index (χ4v) is 3.86. The highest BCUT2D eigenvalue weighted by Crippen LogP contribution is 2.31. The van der Waals surface area contributed by atoms with E-state index >= 15 is 0 Å². The standard InChI is InChI=1S/C19H13Cl2FN2O3S/c20-13-8-12(9-14(21)10-13)17(25)23-5-6-24-18(26)16(28-19(24)27)7-11-1-3-15(22)4-2-11/h1-4,7-10H,5-6H2,(H,23,25)/b16-7-. The summed E-state index contributed by atoms with van der Waals surface area (Å²) in [7, 11) is 0. The van der Waals surface area contributed by atoms with Crippen molar-refractivity contribution in [2.24, 2.45) is 0 Å². The first-order valence-corrected chi connectivity index (χ1v) is 9.66. The molecule has 0 aromatic heterocycles. The van der Waals surface area contributed by atoms with Gasteiger partial charge in [-0.05, 0) is 53.7 Å². The second-order valence-corrected chi connectivity index (χ2v) is 7.66.